The Hall–Kier alpha value is -1.02. The van der Waals surface area contributed by atoms with E-state index in [1.165, 1.54) is 134 Å². The van der Waals surface area contributed by atoms with Gasteiger partial charge in [-0.3, -0.25) is 4.68 Å². The van der Waals surface area contributed by atoms with Gasteiger partial charge in [0, 0.05) is 25.5 Å². The minimum absolute atomic E-state index is 0.805. The van der Waals surface area contributed by atoms with Crippen LogP contribution in [0, 0.1) is 0 Å². The highest BCUT2D eigenvalue weighted by molar-refractivity contribution is 7.72. The molecule has 0 unspecified atom stereocenters. The van der Waals surface area contributed by atoms with Crippen LogP contribution in [0.15, 0.2) is 18.5 Å². The number of hydrogen-bond acceptors (Lipinski definition) is 3. The lowest BCUT2D eigenvalue weighted by Crippen LogP contribution is -2.13. The number of aromatic nitrogens is 3. The third-order valence-corrected chi connectivity index (χ3v) is 8.65. The van der Waals surface area contributed by atoms with E-state index in [0.717, 1.165) is 25.1 Å². The second-order valence-electron chi connectivity index (χ2n) is 11.8. The fourth-order valence-corrected chi connectivity index (χ4v) is 5.90. The van der Waals surface area contributed by atoms with Crippen molar-refractivity contribution in [3.05, 3.63) is 24.2 Å². The van der Waals surface area contributed by atoms with Gasteiger partial charge < -0.3 is 5.32 Å². The number of aryl methyl sites for hydroxylation is 2. The first kappa shape index (κ1) is 33.0. The fourth-order valence-electron chi connectivity index (χ4n) is 4.82. The number of rotatable bonds is 26. The van der Waals surface area contributed by atoms with Crippen molar-refractivity contribution >= 4 is 13.2 Å². The Kier molecular flexibility index (Phi) is 20.2. The van der Waals surface area contributed by atoms with Gasteiger partial charge in [0.15, 0.2) is 0 Å². The van der Waals surface area contributed by atoms with E-state index in [0.29, 0.717) is 0 Å². The Morgan fingerprint density at radius 3 is 1.72 bits per heavy atom. The lowest BCUT2D eigenvalue weighted by molar-refractivity contribution is 0.531. The number of nitrogens with one attached hydrogen (secondary N) is 1. The summed E-state index contributed by atoms with van der Waals surface area (Å²) < 4.78 is 1.80. The smallest absolute Gasteiger partial charge is 0.0827 e. The molecule has 1 heterocycles. The summed E-state index contributed by atoms with van der Waals surface area (Å²) in [6.07, 6.45) is 36.1. The van der Waals surface area contributed by atoms with Crippen molar-refractivity contribution in [3.63, 3.8) is 0 Å². The fraction of sp³-hybridized carbons (Fsp3) is 0.839. The third-order valence-electron chi connectivity index (χ3n) is 7.13. The van der Waals surface area contributed by atoms with Gasteiger partial charge >= 0.3 is 0 Å². The van der Waals surface area contributed by atoms with E-state index in [1.54, 1.807) is 4.68 Å². The van der Waals surface area contributed by atoms with Gasteiger partial charge in [-0.05, 0) is 58.0 Å². The predicted octanol–water partition coefficient (Wildman–Crippen LogP) is 8.97. The monoisotopic (exact) mass is 520 g/mol. The summed E-state index contributed by atoms with van der Waals surface area (Å²) in [5, 5.41) is 11.7. The van der Waals surface area contributed by atoms with E-state index in [9.17, 15) is 0 Å². The summed E-state index contributed by atoms with van der Waals surface area (Å²) in [6, 6.07) is 0. The molecule has 0 fully saturated rings. The van der Waals surface area contributed by atoms with Gasteiger partial charge in [0.25, 0.3) is 0 Å². The molecule has 1 aromatic rings. The largest absolute Gasteiger partial charge is 0.389 e. The van der Waals surface area contributed by atoms with E-state index in [1.807, 2.05) is 13.2 Å². The van der Waals surface area contributed by atoms with Crippen LogP contribution in [-0.2, 0) is 13.5 Å². The SMILES string of the molecule is C=C(CCCCCCCCCCCCCCCCc1cn(C)nn1)NCCCCCCCP(=C)(C)C. The Balaban J connectivity index is 1.72. The van der Waals surface area contributed by atoms with Gasteiger partial charge in [-0.2, -0.15) is 0 Å². The number of allylic oxidation sites excluding steroid dienone is 1. The molecule has 1 aromatic heterocycles. The average Bonchev–Trinajstić information content (AvgIpc) is 3.24. The summed E-state index contributed by atoms with van der Waals surface area (Å²) in [5.41, 5.74) is 2.39. The Bertz CT molecular complexity index is 691. The molecule has 36 heavy (non-hydrogen) atoms. The molecular formula is C31H61N4P. The zero-order valence-corrected chi connectivity index (χ0v) is 25.4. The highest BCUT2D eigenvalue weighted by Crippen LogP contribution is 2.36. The molecule has 0 radical (unpaired) electrons. The zero-order chi connectivity index (χ0) is 26.3. The van der Waals surface area contributed by atoms with Crippen LogP contribution < -0.4 is 5.32 Å². The molecule has 0 aliphatic heterocycles. The maximum absolute atomic E-state index is 4.30. The molecule has 4 nitrogen and oxygen atoms in total. The van der Waals surface area contributed by atoms with Crippen molar-refractivity contribution in [2.45, 2.75) is 135 Å². The summed E-state index contributed by atoms with van der Waals surface area (Å²) in [4.78, 5) is 0. The molecule has 1 rings (SSSR count). The molecule has 1 N–H and O–H groups in total. The molecule has 0 aliphatic rings. The molecule has 0 aliphatic carbocycles. The van der Waals surface area contributed by atoms with Crippen molar-refractivity contribution < 1.29 is 0 Å². The molecular weight excluding hydrogens is 459 g/mol. The molecule has 210 valence electrons. The first-order valence-electron chi connectivity index (χ1n) is 15.3. The second-order valence-corrected chi connectivity index (χ2v) is 16.1. The summed E-state index contributed by atoms with van der Waals surface area (Å²) in [7, 11) is 1.94. The van der Waals surface area contributed by atoms with Crippen molar-refractivity contribution in [1.82, 2.24) is 20.3 Å². The minimum Gasteiger partial charge on any atom is -0.389 e. The normalized spacial score (nSPS) is 11.8. The van der Waals surface area contributed by atoms with Gasteiger partial charge in [0.1, 0.15) is 0 Å². The van der Waals surface area contributed by atoms with Crippen molar-refractivity contribution in [2.24, 2.45) is 7.05 Å². The molecule has 5 heteroatoms. The highest BCUT2D eigenvalue weighted by Gasteiger charge is 2.00. The van der Waals surface area contributed by atoms with Crippen molar-refractivity contribution in [2.75, 3.05) is 26.0 Å². The first-order valence-corrected chi connectivity index (χ1v) is 18.4. The van der Waals surface area contributed by atoms with Crippen LogP contribution in [0.5, 0.6) is 0 Å². The lowest BCUT2D eigenvalue weighted by Gasteiger charge is -2.12. The van der Waals surface area contributed by atoms with Gasteiger partial charge in [0.2, 0.25) is 0 Å². The average molecular weight is 521 g/mol. The molecule has 0 amide bonds. The molecule has 0 saturated carbocycles. The number of hydrogen-bond donors (Lipinski definition) is 1. The quantitative estimate of drug-likeness (QED) is 0.0979. The molecule has 0 saturated heterocycles. The summed E-state index contributed by atoms with van der Waals surface area (Å²) in [5.74, 6) is 0. The number of unbranched alkanes of at least 4 members (excludes halogenated alkanes) is 17. The van der Waals surface area contributed by atoms with E-state index < -0.39 is 6.89 Å². The maximum Gasteiger partial charge on any atom is 0.0827 e. The van der Waals surface area contributed by atoms with Crippen LogP contribution in [0.2, 0.25) is 0 Å². The first-order chi connectivity index (χ1) is 17.4. The second kappa shape index (κ2) is 22.0. The predicted molar refractivity (Wildman–Crippen MR) is 165 cm³/mol. The third kappa shape index (κ3) is 22.2. The van der Waals surface area contributed by atoms with Crippen LogP contribution in [0.1, 0.15) is 134 Å². The van der Waals surface area contributed by atoms with E-state index in [-0.39, 0.29) is 0 Å². The van der Waals surface area contributed by atoms with Gasteiger partial charge in [0.05, 0.1) is 5.69 Å². The van der Waals surface area contributed by atoms with Gasteiger partial charge in [-0.25, -0.2) is 0 Å². The maximum atomic E-state index is 4.30. The van der Waals surface area contributed by atoms with Crippen LogP contribution >= 0.6 is 6.89 Å². The number of nitrogens with zero attached hydrogens (tertiary/aromatic N) is 3. The van der Waals surface area contributed by atoms with E-state index >= 15 is 0 Å². The van der Waals surface area contributed by atoms with E-state index in [2.05, 4.69) is 41.8 Å². The summed E-state index contributed by atoms with van der Waals surface area (Å²) >= 11 is 0. The topological polar surface area (TPSA) is 42.7 Å². The Labute approximate surface area is 225 Å². The van der Waals surface area contributed by atoms with Crippen LogP contribution in [-0.4, -0.2) is 47.3 Å². The van der Waals surface area contributed by atoms with Crippen LogP contribution in [0.25, 0.3) is 0 Å². The van der Waals surface area contributed by atoms with Gasteiger partial charge in [-0.1, -0.05) is 108 Å². The van der Waals surface area contributed by atoms with Crippen molar-refractivity contribution in [3.8, 4) is 0 Å². The molecule has 0 bridgehead atoms. The Morgan fingerprint density at radius 1 is 0.750 bits per heavy atom. The van der Waals surface area contributed by atoms with Crippen molar-refractivity contribution in [1.29, 1.82) is 0 Å². The molecule has 0 aromatic carbocycles. The standard InChI is InChI=1S/C31H61N4P/c1-30(32-27-23-19-16-20-24-28-36(3,4)5)25-21-17-14-12-10-8-6-7-9-11-13-15-18-22-26-31-29-35(2)34-33-31/h29,32H,1,3,6-28H2,2,4-5H3. The van der Waals surface area contributed by atoms with Crippen LogP contribution in [0.3, 0.4) is 0 Å². The lowest BCUT2D eigenvalue weighted by atomic mass is 10.0. The minimum atomic E-state index is -0.805. The van der Waals surface area contributed by atoms with Crippen LogP contribution in [0.4, 0.5) is 0 Å². The summed E-state index contributed by atoms with van der Waals surface area (Å²) in [6.45, 7) is 9.22. The molecule has 0 atom stereocenters. The van der Waals surface area contributed by atoms with Gasteiger partial charge in [-0.15, -0.1) is 18.3 Å². The zero-order valence-electron chi connectivity index (χ0n) is 24.5. The Morgan fingerprint density at radius 2 is 1.22 bits per heavy atom. The van der Waals surface area contributed by atoms with E-state index in [4.69, 9.17) is 0 Å². The highest BCUT2D eigenvalue weighted by atomic mass is 31.2. The molecule has 0 spiro atoms.